The Morgan fingerprint density at radius 3 is 2.25 bits per heavy atom. The van der Waals surface area contributed by atoms with Crippen LogP contribution in [-0.2, 0) is 0 Å². The summed E-state index contributed by atoms with van der Waals surface area (Å²) in [5.74, 6) is -1.75. The SMILES string of the molecule is O=C(c1cccc(C2CCC2)c1)c1c(F)cccc1F. The van der Waals surface area contributed by atoms with Crippen LogP contribution in [0.25, 0.3) is 0 Å². The van der Waals surface area contributed by atoms with Crippen molar-refractivity contribution in [3.8, 4) is 0 Å². The third kappa shape index (κ3) is 2.24. The zero-order valence-electron chi connectivity index (χ0n) is 10.9. The molecular weight excluding hydrogens is 258 g/mol. The molecule has 2 aromatic carbocycles. The fraction of sp³-hybridized carbons (Fsp3) is 0.235. The van der Waals surface area contributed by atoms with E-state index >= 15 is 0 Å². The van der Waals surface area contributed by atoms with Crippen LogP contribution in [0.3, 0.4) is 0 Å². The van der Waals surface area contributed by atoms with Gasteiger partial charge in [-0.25, -0.2) is 8.78 Å². The molecule has 3 heteroatoms. The normalized spacial score (nSPS) is 14.9. The molecule has 0 atom stereocenters. The molecule has 0 heterocycles. The predicted octanol–water partition coefficient (Wildman–Crippen LogP) is 4.46. The minimum absolute atomic E-state index is 0.346. The van der Waals surface area contributed by atoms with E-state index in [0.29, 0.717) is 11.5 Å². The minimum Gasteiger partial charge on any atom is -0.288 e. The Morgan fingerprint density at radius 1 is 1.00 bits per heavy atom. The highest BCUT2D eigenvalue weighted by Crippen LogP contribution is 2.36. The van der Waals surface area contributed by atoms with Crippen LogP contribution in [0, 0.1) is 11.6 Å². The summed E-state index contributed by atoms with van der Waals surface area (Å²) in [6.07, 6.45) is 3.43. The van der Waals surface area contributed by atoms with E-state index in [9.17, 15) is 13.6 Å². The molecule has 1 fully saturated rings. The average Bonchev–Trinajstić information content (AvgIpc) is 2.36. The Balaban J connectivity index is 1.98. The molecule has 1 nitrogen and oxygen atoms in total. The van der Waals surface area contributed by atoms with E-state index in [4.69, 9.17) is 0 Å². The van der Waals surface area contributed by atoms with Crippen molar-refractivity contribution in [3.63, 3.8) is 0 Å². The number of ketones is 1. The standard InChI is InChI=1S/C17H14F2O/c18-14-8-3-9-15(19)16(14)17(20)13-7-2-6-12(10-13)11-4-1-5-11/h2-3,6-11H,1,4-5H2. The van der Waals surface area contributed by atoms with Crippen molar-refractivity contribution in [1.29, 1.82) is 0 Å². The molecule has 2 aromatic rings. The van der Waals surface area contributed by atoms with Crippen molar-refractivity contribution in [2.24, 2.45) is 0 Å². The summed E-state index contributed by atoms with van der Waals surface area (Å²) in [4.78, 5) is 12.3. The minimum atomic E-state index is -0.816. The van der Waals surface area contributed by atoms with Gasteiger partial charge < -0.3 is 0 Å². The van der Waals surface area contributed by atoms with Gasteiger partial charge >= 0.3 is 0 Å². The molecule has 0 radical (unpaired) electrons. The lowest BCUT2D eigenvalue weighted by molar-refractivity contribution is 0.103. The number of carbonyl (C=O) groups is 1. The second-order valence-electron chi connectivity index (χ2n) is 5.18. The van der Waals surface area contributed by atoms with Gasteiger partial charge in [0.25, 0.3) is 0 Å². The largest absolute Gasteiger partial charge is 0.288 e. The van der Waals surface area contributed by atoms with Gasteiger partial charge in [-0.1, -0.05) is 30.7 Å². The predicted molar refractivity (Wildman–Crippen MR) is 72.8 cm³/mol. The van der Waals surface area contributed by atoms with E-state index in [1.54, 1.807) is 18.2 Å². The van der Waals surface area contributed by atoms with Gasteiger partial charge in [-0.2, -0.15) is 0 Å². The molecule has 1 aliphatic carbocycles. The monoisotopic (exact) mass is 272 g/mol. The van der Waals surface area contributed by atoms with Crippen LogP contribution in [0.1, 0.15) is 46.7 Å². The highest BCUT2D eigenvalue weighted by molar-refractivity contribution is 6.09. The van der Waals surface area contributed by atoms with Crippen molar-refractivity contribution >= 4 is 5.78 Å². The van der Waals surface area contributed by atoms with Crippen LogP contribution in [0.5, 0.6) is 0 Å². The fourth-order valence-corrected chi connectivity index (χ4v) is 2.53. The number of rotatable bonds is 3. The third-order valence-corrected chi connectivity index (χ3v) is 3.92. The molecule has 1 saturated carbocycles. The van der Waals surface area contributed by atoms with Crippen molar-refractivity contribution < 1.29 is 13.6 Å². The number of halogens is 2. The Labute approximate surface area is 116 Å². The number of benzene rings is 2. The van der Waals surface area contributed by atoms with E-state index < -0.39 is 23.0 Å². The van der Waals surface area contributed by atoms with E-state index in [0.717, 1.165) is 30.5 Å². The fourth-order valence-electron chi connectivity index (χ4n) is 2.53. The van der Waals surface area contributed by atoms with Crippen LogP contribution in [-0.4, -0.2) is 5.78 Å². The molecule has 20 heavy (non-hydrogen) atoms. The Bertz CT molecular complexity index is 640. The van der Waals surface area contributed by atoms with Crippen molar-refractivity contribution in [1.82, 2.24) is 0 Å². The summed E-state index contributed by atoms with van der Waals surface area (Å²) in [7, 11) is 0. The molecule has 0 aliphatic heterocycles. The lowest BCUT2D eigenvalue weighted by atomic mass is 9.79. The first-order valence-electron chi connectivity index (χ1n) is 6.75. The first kappa shape index (κ1) is 13.0. The summed E-state index contributed by atoms with van der Waals surface area (Å²) in [6.45, 7) is 0. The summed E-state index contributed by atoms with van der Waals surface area (Å²) in [6, 6.07) is 10.6. The van der Waals surface area contributed by atoms with Crippen LogP contribution in [0.15, 0.2) is 42.5 Å². The molecular formula is C17H14F2O. The van der Waals surface area contributed by atoms with E-state index in [1.807, 2.05) is 6.07 Å². The quantitative estimate of drug-likeness (QED) is 0.754. The van der Waals surface area contributed by atoms with Gasteiger partial charge in [-0.05, 0) is 42.5 Å². The number of hydrogen-bond acceptors (Lipinski definition) is 1. The van der Waals surface area contributed by atoms with Crippen LogP contribution >= 0.6 is 0 Å². The van der Waals surface area contributed by atoms with E-state index in [1.165, 1.54) is 12.5 Å². The molecule has 0 saturated heterocycles. The maximum absolute atomic E-state index is 13.7. The zero-order chi connectivity index (χ0) is 14.1. The second-order valence-corrected chi connectivity index (χ2v) is 5.18. The molecule has 0 bridgehead atoms. The average molecular weight is 272 g/mol. The maximum atomic E-state index is 13.7. The van der Waals surface area contributed by atoms with Crippen LogP contribution in [0.4, 0.5) is 8.78 Å². The second kappa shape index (κ2) is 5.16. The van der Waals surface area contributed by atoms with Crippen molar-refractivity contribution in [2.75, 3.05) is 0 Å². The van der Waals surface area contributed by atoms with Gasteiger partial charge in [0.15, 0.2) is 5.78 Å². The first-order chi connectivity index (χ1) is 9.66. The van der Waals surface area contributed by atoms with Crippen molar-refractivity contribution in [3.05, 3.63) is 70.8 Å². The maximum Gasteiger partial charge on any atom is 0.198 e. The van der Waals surface area contributed by atoms with E-state index in [-0.39, 0.29) is 0 Å². The van der Waals surface area contributed by atoms with Gasteiger partial charge in [0, 0.05) is 5.56 Å². The highest BCUT2D eigenvalue weighted by atomic mass is 19.1. The summed E-state index contributed by atoms with van der Waals surface area (Å²) >= 11 is 0. The van der Waals surface area contributed by atoms with Crippen molar-refractivity contribution in [2.45, 2.75) is 25.2 Å². The first-order valence-corrected chi connectivity index (χ1v) is 6.75. The molecule has 102 valence electrons. The Morgan fingerprint density at radius 2 is 1.65 bits per heavy atom. The molecule has 0 aromatic heterocycles. The Hall–Kier alpha value is -2.03. The van der Waals surface area contributed by atoms with Gasteiger partial charge in [0.1, 0.15) is 11.6 Å². The smallest absolute Gasteiger partial charge is 0.198 e. The summed E-state index contributed by atoms with van der Waals surface area (Å²) in [5.41, 5.74) is 0.954. The number of hydrogen-bond donors (Lipinski definition) is 0. The molecule has 3 rings (SSSR count). The topological polar surface area (TPSA) is 17.1 Å². The lowest BCUT2D eigenvalue weighted by Crippen LogP contribution is -2.11. The van der Waals surface area contributed by atoms with Gasteiger partial charge in [-0.15, -0.1) is 0 Å². The van der Waals surface area contributed by atoms with Gasteiger partial charge in [0.2, 0.25) is 0 Å². The van der Waals surface area contributed by atoms with Crippen LogP contribution in [0.2, 0.25) is 0 Å². The number of carbonyl (C=O) groups excluding carboxylic acids is 1. The molecule has 0 N–H and O–H groups in total. The van der Waals surface area contributed by atoms with Crippen LogP contribution < -0.4 is 0 Å². The molecule has 0 amide bonds. The molecule has 1 aliphatic rings. The molecule has 0 spiro atoms. The van der Waals surface area contributed by atoms with E-state index in [2.05, 4.69) is 0 Å². The third-order valence-electron chi connectivity index (χ3n) is 3.92. The van der Waals surface area contributed by atoms with Gasteiger partial charge in [-0.3, -0.25) is 4.79 Å². The summed E-state index contributed by atoms with van der Waals surface area (Å²) < 4.78 is 27.3. The summed E-state index contributed by atoms with van der Waals surface area (Å²) in [5, 5.41) is 0. The lowest BCUT2D eigenvalue weighted by Gasteiger charge is -2.26. The zero-order valence-corrected chi connectivity index (χ0v) is 10.9. The van der Waals surface area contributed by atoms with Gasteiger partial charge in [0.05, 0.1) is 5.56 Å². The molecule has 0 unspecified atom stereocenters. The Kier molecular flexibility index (Phi) is 3.35. The highest BCUT2D eigenvalue weighted by Gasteiger charge is 2.22.